The second-order valence-corrected chi connectivity index (χ2v) is 4.41. The van der Waals surface area contributed by atoms with Crippen LogP contribution < -0.4 is 0 Å². The first-order valence-corrected chi connectivity index (χ1v) is 5.34. The van der Waals surface area contributed by atoms with Gasteiger partial charge in [-0.15, -0.1) is 5.10 Å². The molecule has 18 heavy (non-hydrogen) atoms. The molecule has 2 rings (SSSR count). The van der Waals surface area contributed by atoms with Gasteiger partial charge in [0.05, 0.1) is 11.9 Å². The van der Waals surface area contributed by atoms with Gasteiger partial charge >= 0.3 is 5.97 Å². The van der Waals surface area contributed by atoms with Crippen molar-refractivity contribution in [3.8, 4) is 5.69 Å². The number of rotatable bonds is 3. The molecule has 0 amide bonds. The number of hydrogen-bond acceptors (Lipinski definition) is 3. The van der Waals surface area contributed by atoms with Crippen LogP contribution in [0.15, 0.2) is 30.5 Å². The highest BCUT2D eigenvalue weighted by atomic mass is 19.1. The quantitative estimate of drug-likeness (QED) is 0.900. The first-order chi connectivity index (χ1) is 8.44. The molecule has 1 aromatic carbocycles. The van der Waals surface area contributed by atoms with Gasteiger partial charge in [0.1, 0.15) is 16.9 Å². The Morgan fingerprint density at radius 3 is 2.67 bits per heavy atom. The Morgan fingerprint density at radius 2 is 2.06 bits per heavy atom. The smallest absolute Gasteiger partial charge is 0.315 e. The molecular formula is C12H12FN3O2. The van der Waals surface area contributed by atoms with Crippen LogP contribution >= 0.6 is 0 Å². The number of carboxylic acids is 1. The molecule has 2 aromatic rings. The number of para-hydroxylation sites is 1. The third kappa shape index (κ3) is 1.85. The first-order valence-electron chi connectivity index (χ1n) is 5.34. The largest absolute Gasteiger partial charge is 0.481 e. The molecule has 0 saturated heterocycles. The van der Waals surface area contributed by atoms with Gasteiger partial charge in [0.15, 0.2) is 0 Å². The molecule has 1 heterocycles. The van der Waals surface area contributed by atoms with E-state index in [2.05, 4.69) is 10.3 Å². The monoisotopic (exact) mass is 249 g/mol. The molecule has 0 spiro atoms. The lowest BCUT2D eigenvalue weighted by Crippen LogP contribution is -2.31. The Labute approximate surface area is 103 Å². The van der Waals surface area contributed by atoms with E-state index in [4.69, 9.17) is 0 Å². The number of hydrogen-bond donors (Lipinski definition) is 1. The van der Waals surface area contributed by atoms with Gasteiger partial charge in [-0.1, -0.05) is 17.3 Å². The van der Waals surface area contributed by atoms with E-state index < -0.39 is 17.2 Å². The minimum Gasteiger partial charge on any atom is -0.481 e. The molecule has 0 radical (unpaired) electrons. The summed E-state index contributed by atoms with van der Waals surface area (Å²) in [7, 11) is 0. The summed E-state index contributed by atoms with van der Waals surface area (Å²) in [5.74, 6) is -1.51. The van der Waals surface area contributed by atoms with Crippen LogP contribution in [-0.4, -0.2) is 26.1 Å². The standard InChI is InChI=1S/C12H12FN3O2/c1-12(2,11(17)18)10-7-14-15-16(10)9-6-4-3-5-8(9)13/h3-7H,1-2H3,(H,17,18). The number of nitrogens with zero attached hydrogens (tertiary/aromatic N) is 3. The van der Waals surface area contributed by atoms with Crippen LogP contribution in [0.3, 0.4) is 0 Å². The SMILES string of the molecule is CC(C)(C(=O)O)c1cnnn1-c1ccccc1F. The van der Waals surface area contributed by atoms with E-state index in [0.29, 0.717) is 5.69 Å². The lowest BCUT2D eigenvalue weighted by molar-refractivity contribution is -0.142. The molecule has 0 unspecified atom stereocenters. The Kier molecular flexibility index (Phi) is 2.86. The maximum atomic E-state index is 13.7. The van der Waals surface area contributed by atoms with E-state index in [9.17, 15) is 14.3 Å². The van der Waals surface area contributed by atoms with Crippen molar-refractivity contribution < 1.29 is 14.3 Å². The van der Waals surface area contributed by atoms with Gasteiger partial charge in [-0.3, -0.25) is 4.79 Å². The zero-order chi connectivity index (χ0) is 13.3. The Hall–Kier alpha value is -2.24. The zero-order valence-corrected chi connectivity index (χ0v) is 9.96. The van der Waals surface area contributed by atoms with Crippen LogP contribution in [0.1, 0.15) is 19.5 Å². The number of benzene rings is 1. The predicted octanol–water partition coefficient (Wildman–Crippen LogP) is 1.77. The van der Waals surface area contributed by atoms with Crippen molar-refractivity contribution in [2.45, 2.75) is 19.3 Å². The highest BCUT2D eigenvalue weighted by Gasteiger charge is 2.34. The lowest BCUT2D eigenvalue weighted by Gasteiger charge is -2.19. The Bertz CT molecular complexity index is 593. The second-order valence-electron chi connectivity index (χ2n) is 4.41. The first kappa shape index (κ1) is 12.2. The maximum absolute atomic E-state index is 13.7. The highest BCUT2D eigenvalue weighted by molar-refractivity contribution is 5.79. The average molecular weight is 249 g/mol. The molecule has 0 aliphatic rings. The number of carbonyl (C=O) groups is 1. The van der Waals surface area contributed by atoms with Crippen molar-refractivity contribution >= 4 is 5.97 Å². The van der Waals surface area contributed by atoms with Crippen LogP contribution in [0.5, 0.6) is 0 Å². The van der Waals surface area contributed by atoms with Crippen molar-refractivity contribution in [2.24, 2.45) is 0 Å². The van der Waals surface area contributed by atoms with Gasteiger partial charge in [0.2, 0.25) is 0 Å². The molecule has 5 nitrogen and oxygen atoms in total. The van der Waals surface area contributed by atoms with Gasteiger partial charge in [0, 0.05) is 0 Å². The fraction of sp³-hybridized carbons (Fsp3) is 0.250. The lowest BCUT2D eigenvalue weighted by atomic mass is 9.90. The van der Waals surface area contributed by atoms with Crippen LogP contribution in [0.4, 0.5) is 4.39 Å². The summed E-state index contributed by atoms with van der Waals surface area (Å²) in [6.07, 6.45) is 1.33. The summed E-state index contributed by atoms with van der Waals surface area (Å²) < 4.78 is 14.9. The predicted molar refractivity (Wildman–Crippen MR) is 62.0 cm³/mol. The molecule has 0 saturated carbocycles. The van der Waals surface area contributed by atoms with E-state index in [1.807, 2.05) is 0 Å². The highest BCUT2D eigenvalue weighted by Crippen LogP contribution is 2.25. The van der Waals surface area contributed by atoms with E-state index >= 15 is 0 Å². The van der Waals surface area contributed by atoms with Gasteiger partial charge in [0.25, 0.3) is 0 Å². The fourth-order valence-corrected chi connectivity index (χ4v) is 1.57. The Balaban J connectivity index is 2.60. The number of carboxylic acid groups (broad SMARTS) is 1. The third-order valence-electron chi connectivity index (χ3n) is 2.80. The molecule has 0 fully saturated rings. The summed E-state index contributed by atoms with van der Waals surface area (Å²) in [4.78, 5) is 11.2. The van der Waals surface area contributed by atoms with Crippen molar-refractivity contribution in [3.05, 3.63) is 42.0 Å². The van der Waals surface area contributed by atoms with Crippen LogP contribution in [0, 0.1) is 5.82 Å². The van der Waals surface area contributed by atoms with Crippen LogP contribution in [-0.2, 0) is 10.2 Å². The van der Waals surface area contributed by atoms with Gasteiger partial charge in [-0.2, -0.15) is 0 Å². The van der Waals surface area contributed by atoms with Crippen LogP contribution in [0.25, 0.3) is 5.69 Å². The van der Waals surface area contributed by atoms with Crippen LogP contribution in [0.2, 0.25) is 0 Å². The average Bonchev–Trinajstić information content (AvgIpc) is 2.78. The maximum Gasteiger partial charge on any atom is 0.315 e. The van der Waals surface area contributed by atoms with Crippen molar-refractivity contribution in [1.82, 2.24) is 15.0 Å². The minimum atomic E-state index is -1.20. The minimum absolute atomic E-state index is 0.180. The summed E-state index contributed by atoms with van der Waals surface area (Å²) in [6, 6.07) is 6.01. The molecule has 1 N–H and O–H groups in total. The summed E-state index contributed by atoms with van der Waals surface area (Å²) in [6.45, 7) is 3.04. The molecule has 6 heteroatoms. The van der Waals surface area contributed by atoms with Gasteiger partial charge in [-0.05, 0) is 26.0 Å². The summed E-state index contributed by atoms with van der Waals surface area (Å²) in [5.41, 5.74) is -0.703. The molecule has 0 bridgehead atoms. The molecule has 0 atom stereocenters. The van der Waals surface area contributed by atoms with E-state index in [1.165, 1.54) is 36.9 Å². The van der Waals surface area contributed by atoms with E-state index in [1.54, 1.807) is 12.1 Å². The van der Waals surface area contributed by atoms with Gasteiger partial charge in [-0.25, -0.2) is 9.07 Å². The number of aliphatic carboxylic acids is 1. The van der Waals surface area contributed by atoms with Gasteiger partial charge < -0.3 is 5.11 Å². The molecule has 94 valence electrons. The zero-order valence-electron chi connectivity index (χ0n) is 9.96. The van der Waals surface area contributed by atoms with Crippen molar-refractivity contribution in [1.29, 1.82) is 0 Å². The van der Waals surface area contributed by atoms with Crippen molar-refractivity contribution in [2.75, 3.05) is 0 Å². The topological polar surface area (TPSA) is 68.0 Å². The molecule has 0 aliphatic heterocycles. The summed E-state index contributed by atoms with van der Waals surface area (Å²) in [5, 5.41) is 16.6. The number of aromatic nitrogens is 3. The van der Waals surface area contributed by atoms with E-state index in [0.717, 1.165) is 0 Å². The van der Waals surface area contributed by atoms with E-state index in [-0.39, 0.29) is 5.69 Å². The molecule has 0 aliphatic carbocycles. The molecular weight excluding hydrogens is 237 g/mol. The molecule has 1 aromatic heterocycles. The second kappa shape index (κ2) is 4.21. The number of halogens is 1. The fourth-order valence-electron chi connectivity index (χ4n) is 1.57. The van der Waals surface area contributed by atoms with Crippen molar-refractivity contribution in [3.63, 3.8) is 0 Å². The Morgan fingerprint density at radius 1 is 1.39 bits per heavy atom. The third-order valence-corrected chi connectivity index (χ3v) is 2.80. The normalized spacial score (nSPS) is 11.5. The summed E-state index contributed by atoms with van der Waals surface area (Å²) >= 11 is 0.